The van der Waals surface area contributed by atoms with Crippen LogP contribution < -0.4 is 0 Å². The molecule has 1 saturated carbocycles. The van der Waals surface area contributed by atoms with E-state index in [1.807, 2.05) is 0 Å². The van der Waals surface area contributed by atoms with Gasteiger partial charge in [-0.2, -0.15) is 0 Å². The van der Waals surface area contributed by atoms with Gasteiger partial charge in [-0.05, 0) is 44.4 Å². The molecular formula is C12H20O2. The van der Waals surface area contributed by atoms with Gasteiger partial charge in [0.2, 0.25) is 0 Å². The van der Waals surface area contributed by atoms with Crippen LogP contribution in [0.15, 0.2) is 12.2 Å². The minimum atomic E-state index is 0.161. The molecule has 2 nitrogen and oxygen atoms in total. The van der Waals surface area contributed by atoms with E-state index < -0.39 is 0 Å². The van der Waals surface area contributed by atoms with Gasteiger partial charge in [0.25, 0.3) is 0 Å². The van der Waals surface area contributed by atoms with Crippen molar-refractivity contribution >= 4 is 0 Å². The first kappa shape index (κ1) is 10.2. The van der Waals surface area contributed by atoms with Gasteiger partial charge in [0, 0.05) is 6.61 Å². The first-order valence-electron chi connectivity index (χ1n) is 5.58. The highest BCUT2D eigenvalue weighted by molar-refractivity contribution is 5.09. The Hall–Kier alpha value is -0.340. The molecule has 2 heteroatoms. The lowest BCUT2D eigenvalue weighted by Crippen LogP contribution is -2.28. The van der Waals surface area contributed by atoms with Crippen LogP contribution in [0.1, 0.15) is 32.6 Å². The predicted octanol–water partition coefficient (Wildman–Crippen LogP) is 2.13. The highest BCUT2D eigenvalue weighted by Gasteiger charge is 2.48. The van der Waals surface area contributed by atoms with Gasteiger partial charge >= 0.3 is 0 Å². The Morgan fingerprint density at radius 1 is 1.64 bits per heavy atom. The fourth-order valence-corrected chi connectivity index (χ4v) is 2.57. The molecule has 2 aliphatic rings. The maximum absolute atomic E-state index is 8.97. The summed E-state index contributed by atoms with van der Waals surface area (Å²) in [5.74, 6) is 1.21. The molecule has 3 atom stereocenters. The molecule has 1 saturated heterocycles. The van der Waals surface area contributed by atoms with Crippen LogP contribution in [0.2, 0.25) is 0 Å². The molecule has 0 bridgehead atoms. The Labute approximate surface area is 86.0 Å². The van der Waals surface area contributed by atoms with Gasteiger partial charge in [0.15, 0.2) is 0 Å². The minimum absolute atomic E-state index is 0.161. The molecule has 14 heavy (non-hydrogen) atoms. The zero-order valence-electron chi connectivity index (χ0n) is 8.96. The van der Waals surface area contributed by atoms with Crippen molar-refractivity contribution in [2.24, 2.45) is 11.8 Å². The Bertz CT molecular complexity index is 230. The number of epoxide rings is 1. The molecule has 1 unspecified atom stereocenters. The number of hydrogen-bond donors (Lipinski definition) is 1. The van der Waals surface area contributed by atoms with Crippen LogP contribution in [0.25, 0.3) is 0 Å². The molecule has 1 N–H and O–H groups in total. The third kappa shape index (κ3) is 1.86. The third-order valence-corrected chi connectivity index (χ3v) is 3.90. The maximum atomic E-state index is 8.97. The number of allylic oxidation sites excluding steroid dienone is 1. The van der Waals surface area contributed by atoms with Crippen LogP contribution in [-0.4, -0.2) is 23.9 Å². The monoisotopic (exact) mass is 196 g/mol. The van der Waals surface area contributed by atoms with Crippen LogP contribution in [0.5, 0.6) is 0 Å². The van der Waals surface area contributed by atoms with Gasteiger partial charge in [0.05, 0.1) is 12.2 Å². The number of rotatable bonds is 3. The highest BCUT2D eigenvalue weighted by Crippen LogP contribution is 2.46. The first-order chi connectivity index (χ1) is 6.65. The topological polar surface area (TPSA) is 32.8 Å². The molecule has 80 valence electrons. The summed E-state index contributed by atoms with van der Waals surface area (Å²) >= 11 is 0. The third-order valence-electron chi connectivity index (χ3n) is 3.90. The zero-order valence-corrected chi connectivity index (χ0v) is 8.96. The van der Waals surface area contributed by atoms with Gasteiger partial charge in [0.1, 0.15) is 0 Å². The second kappa shape index (κ2) is 3.67. The maximum Gasteiger partial charge on any atom is 0.0916 e. The largest absolute Gasteiger partial charge is 0.396 e. The summed E-state index contributed by atoms with van der Waals surface area (Å²) in [7, 11) is 0. The molecule has 0 aromatic rings. The predicted molar refractivity (Wildman–Crippen MR) is 56.0 cm³/mol. The second-order valence-corrected chi connectivity index (χ2v) is 4.94. The summed E-state index contributed by atoms with van der Waals surface area (Å²) in [6, 6.07) is 0. The lowest BCUT2D eigenvalue weighted by Gasteiger charge is -2.33. The fourth-order valence-electron chi connectivity index (χ4n) is 2.57. The Kier molecular flexibility index (Phi) is 2.67. The number of ether oxygens (including phenoxy) is 1. The van der Waals surface area contributed by atoms with Gasteiger partial charge < -0.3 is 9.84 Å². The van der Waals surface area contributed by atoms with Crippen molar-refractivity contribution in [3.8, 4) is 0 Å². The molecule has 1 aliphatic heterocycles. The Balaban J connectivity index is 1.94. The average molecular weight is 196 g/mol. The normalized spacial score (nSPS) is 42.6. The van der Waals surface area contributed by atoms with Crippen molar-refractivity contribution in [3.63, 3.8) is 0 Å². The summed E-state index contributed by atoms with van der Waals surface area (Å²) in [5.41, 5.74) is 1.49. The lowest BCUT2D eigenvalue weighted by atomic mass is 9.72. The Morgan fingerprint density at radius 3 is 2.93 bits per heavy atom. The van der Waals surface area contributed by atoms with Crippen molar-refractivity contribution < 1.29 is 9.84 Å². The van der Waals surface area contributed by atoms with Crippen LogP contribution in [0.4, 0.5) is 0 Å². The summed E-state index contributed by atoms with van der Waals surface area (Å²) in [5, 5.41) is 8.97. The quantitative estimate of drug-likeness (QED) is 0.554. The fraction of sp³-hybridized carbons (Fsp3) is 0.833. The molecule has 0 spiro atoms. The van der Waals surface area contributed by atoms with Crippen molar-refractivity contribution in [1.29, 1.82) is 0 Å². The second-order valence-electron chi connectivity index (χ2n) is 4.94. The van der Waals surface area contributed by atoms with E-state index in [0.717, 1.165) is 25.9 Å². The van der Waals surface area contributed by atoms with Crippen LogP contribution in [0.3, 0.4) is 0 Å². The van der Waals surface area contributed by atoms with Crippen molar-refractivity contribution in [3.05, 3.63) is 12.2 Å². The number of hydrogen-bond acceptors (Lipinski definition) is 2. The SMILES string of the molecule is C=C1CC[C@@H](C2(C)CO2)C[C@@H]1CCO. The standard InChI is InChI=1S/C12H20O2/c1-9-3-4-11(12(2)8-14-12)7-10(9)5-6-13/h10-11,13H,1,3-8H2,2H3/t10-,11+,12?/m0/s1. The zero-order chi connectivity index (χ0) is 10.2. The van der Waals surface area contributed by atoms with Crippen LogP contribution in [0, 0.1) is 11.8 Å². The average Bonchev–Trinajstić information content (AvgIpc) is 2.89. The van der Waals surface area contributed by atoms with E-state index in [4.69, 9.17) is 9.84 Å². The van der Waals surface area contributed by atoms with Gasteiger partial charge in [-0.25, -0.2) is 0 Å². The van der Waals surface area contributed by atoms with Gasteiger partial charge in [-0.3, -0.25) is 0 Å². The molecular weight excluding hydrogens is 176 g/mol. The van der Waals surface area contributed by atoms with Crippen molar-refractivity contribution in [1.82, 2.24) is 0 Å². The Morgan fingerprint density at radius 2 is 2.36 bits per heavy atom. The summed E-state index contributed by atoms with van der Waals surface area (Å²) in [6.45, 7) is 7.52. The molecule has 2 fully saturated rings. The minimum Gasteiger partial charge on any atom is -0.396 e. The highest BCUT2D eigenvalue weighted by atomic mass is 16.6. The van der Waals surface area contributed by atoms with Crippen molar-refractivity contribution in [2.75, 3.05) is 13.2 Å². The number of aliphatic hydroxyl groups excluding tert-OH is 1. The number of aliphatic hydroxyl groups is 1. The van der Waals surface area contributed by atoms with E-state index in [9.17, 15) is 0 Å². The lowest BCUT2D eigenvalue weighted by molar-refractivity contribution is 0.165. The molecule has 2 rings (SSSR count). The molecule has 1 heterocycles. The van der Waals surface area contributed by atoms with Gasteiger partial charge in [-0.15, -0.1) is 0 Å². The van der Waals surface area contributed by atoms with E-state index in [2.05, 4.69) is 13.5 Å². The first-order valence-corrected chi connectivity index (χ1v) is 5.58. The summed E-state index contributed by atoms with van der Waals surface area (Å²) < 4.78 is 5.51. The summed E-state index contributed by atoms with van der Waals surface area (Å²) in [4.78, 5) is 0. The van der Waals surface area contributed by atoms with Gasteiger partial charge in [-0.1, -0.05) is 12.2 Å². The van der Waals surface area contributed by atoms with Crippen LogP contribution in [-0.2, 0) is 4.74 Å². The molecule has 0 aromatic heterocycles. The summed E-state index contributed by atoms with van der Waals surface area (Å²) in [6.07, 6.45) is 4.38. The molecule has 0 amide bonds. The molecule has 0 aromatic carbocycles. The molecule has 1 aliphatic carbocycles. The van der Waals surface area contributed by atoms with Crippen LogP contribution >= 0.6 is 0 Å². The smallest absolute Gasteiger partial charge is 0.0916 e. The van der Waals surface area contributed by atoms with E-state index in [-0.39, 0.29) is 12.2 Å². The van der Waals surface area contributed by atoms with E-state index in [1.54, 1.807) is 0 Å². The molecule has 0 radical (unpaired) electrons. The van der Waals surface area contributed by atoms with E-state index in [0.29, 0.717) is 11.8 Å². The van der Waals surface area contributed by atoms with E-state index >= 15 is 0 Å². The van der Waals surface area contributed by atoms with Crippen molar-refractivity contribution in [2.45, 2.75) is 38.2 Å². The van der Waals surface area contributed by atoms with E-state index in [1.165, 1.54) is 12.0 Å².